The number of rotatable bonds is 4. The van der Waals surface area contributed by atoms with E-state index in [9.17, 15) is 13.2 Å². The van der Waals surface area contributed by atoms with Gasteiger partial charge in [0, 0.05) is 39.9 Å². The second kappa shape index (κ2) is 6.12. The van der Waals surface area contributed by atoms with Crippen LogP contribution in [0.4, 0.5) is 0 Å². The summed E-state index contributed by atoms with van der Waals surface area (Å²) >= 11 is 0. The number of morpholine rings is 1. The molecule has 8 nitrogen and oxygen atoms in total. The van der Waals surface area contributed by atoms with Gasteiger partial charge in [-0.25, -0.2) is 8.42 Å². The van der Waals surface area contributed by atoms with Crippen LogP contribution in [0.5, 0.6) is 0 Å². The largest absolute Gasteiger partial charge is 0.366 e. The van der Waals surface area contributed by atoms with Crippen LogP contribution in [0.15, 0.2) is 17.3 Å². The van der Waals surface area contributed by atoms with Gasteiger partial charge in [-0.15, -0.1) is 0 Å². The van der Waals surface area contributed by atoms with E-state index in [1.54, 1.807) is 18.8 Å². The summed E-state index contributed by atoms with van der Waals surface area (Å²) in [4.78, 5) is 13.5. The molecule has 0 N–H and O–H groups in total. The summed E-state index contributed by atoms with van der Waals surface area (Å²) in [6, 6.07) is 0. The number of sulfonamides is 1. The zero-order valence-electron chi connectivity index (χ0n) is 12.4. The van der Waals surface area contributed by atoms with Crippen molar-refractivity contribution in [2.45, 2.75) is 24.5 Å². The first-order chi connectivity index (χ1) is 9.86. The van der Waals surface area contributed by atoms with Crippen LogP contribution in [0.2, 0.25) is 0 Å². The van der Waals surface area contributed by atoms with Gasteiger partial charge in [0.25, 0.3) is 5.91 Å². The minimum atomic E-state index is -3.64. The smallest absolute Gasteiger partial charge is 0.252 e. The van der Waals surface area contributed by atoms with Crippen LogP contribution >= 0.6 is 0 Å². The Labute approximate surface area is 124 Å². The van der Waals surface area contributed by atoms with Crippen LogP contribution in [-0.4, -0.2) is 73.2 Å². The first-order valence-corrected chi connectivity index (χ1v) is 8.15. The van der Waals surface area contributed by atoms with E-state index in [2.05, 4.69) is 5.10 Å². The van der Waals surface area contributed by atoms with Gasteiger partial charge in [-0.1, -0.05) is 0 Å². The van der Waals surface area contributed by atoms with Crippen molar-refractivity contribution in [2.75, 3.05) is 33.8 Å². The third kappa shape index (κ3) is 3.25. The van der Waals surface area contributed by atoms with Crippen molar-refractivity contribution >= 4 is 15.9 Å². The average Bonchev–Trinajstić information content (AvgIpc) is 2.96. The summed E-state index contributed by atoms with van der Waals surface area (Å²) in [5, 5.41) is 3.98. The molecule has 0 aliphatic carbocycles. The van der Waals surface area contributed by atoms with Crippen molar-refractivity contribution in [2.24, 2.45) is 0 Å². The molecule has 1 atom stereocenters. The van der Waals surface area contributed by atoms with Gasteiger partial charge in [0.05, 0.1) is 12.8 Å². The number of aromatic nitrogens is 2. The molecule has 1 aliphatic rings. The van der Waals surface area contributed by atoms with Gasteiger partial charge in [-0.3, -0.25) is 9.48 Å². The number of likely N-dealkylation sites (N-methyl/N-ethyl adjacent to an activating group) is 1. The number of hydrogen-bond acceptors (Lipinski definition) is 5. The van der Waals surface area contributed by atoms with E-state index in [0.29, 0.717) is 6.54 Å². The summed E-state index contributed by atoms with van der Waals surface area (Å²) < 4.78 is 33.3. The third-order valence-electron chi connectivity index (χ3n) is 3.32. The van der Waals surface area contributed by atoms with Crippen LogP contribution in [0.3, 0.4) is 0 Å². The van der Waals surface area contributed by atoms with Crippen molar-refractivity contribution in [3.8, 4) is 0 Å². The average molecular weight is 316 g/mol. The Hall–Kier alpha value is -1.45. The molecule has 1 aliphatic heterocycles. The van der Waals surface area contributed by atoms with E-state index >= 15 is 0 Å². The van der Waals surface area contributed by atoms with E-state index < -0.39 is 16.1 Å². The Morgan fingerprint density at radius 3 is 2.81 bits per heavy atom. The van der Waals surface area contributed by atoms with Gasteiger partial charge in [0.2, 0.25) is 10.0 Å². The minimum absolute atomic E-state index is 0.0245. The molecule has 1 aromatic heterocycles. The highest BCUT2D eigenvalue weighted by molar-refractivity contribution is 7.89. The van der Waals surface area contributed by atoms with E-state index in [1.165, 1.54) is 21.6 Å². The van der Waals surface area contributed by atoms with Gasteiger partial charge in [0.15, 0.2) is 0 Å². The lowest BCUT2D eigenvalue weighted by Crippen LogP contribution is -2.51. The first-order valence-electron chi connectivity index (χ1n) is 6.71. The highest BCUT2D eigenvalue weighted by Gasteiger charge is 2.35. The van der Waals surface area contributed by atoms with Gasteiger partial charge in [-0.2, -0.15) is 9.40 Å². The van der Waals surface area contributed by atoms with E-state index in [4.69, 9.17) is 4.74 Å². The number of aryl methyl sites for hydroxylation is 1. The fraction of sp³-hybridized carbons (Fsp3) is 0.667. The van der Waals surface area contributed by atoms with Crippen molar-refractivity contribution in [3.63, 3.8) is 0 Å². The van der Waals surface area contributed by atoms with Crippen molar-refractivity contribution in [1.29, 1.82) is 0 Å². The Bertz CT molecular complexity index is 611. The highest BCUT2D eigenvalue weighted by Crippen LogP contribution is 2.18. The molecule has 118 valence electrons. The molecular formula is C12H20N4O4S. The van der Waals surface area contributed by atoms with Crippen LogP contribution in [0, 0.1) is 0 Å². The molecule has 1 amide bonds. The number of amides is 1. The lowest BCUT2D eigenvalue weighted by Gasteiger charge is -2.32. The standard InChI is InChI=1S/C12H20N4O4S/c1-4-15-8-10(7-13-15)21(18,19)16-5-6-20-11(9-16)12(17)14(2)3/h7-8,11H,4-6,9H2,1-3H3. The molecule has 0 saturated carbocycles. The minimum Gasteiger partial charge on any atom is -0.366 e. The summed E-state index contributed by atoms with van der Waals surface area (Å²) in [5.74, 6) is -0.237. The zero-order chi connectivity index (χ0) is 15.6. The highest BCUT2D eigenvalue weighted by atomic mass is 32.2. The molecule has 9 heteroatoms. The van der Waals surface area contributed by atoms with Gasteiger partial charge in [-0.05, 0) is 6.92 Å². The molecule has 1 aromatic rings. The van der Waals surface area contributed by atoms with Gasteiger partial charge < -0.3 is 9.64 Å². The predicted octanol–water partition coefficient (Wildman–Crippen LogP) is -0.619. The number of carbonyl (C=O) groups excluding carboxylic acids is 1. The maximum atomic E-state index is 12.5. The fourth-order valence-corrected chi connectivity index (χ4v) is 3.46. The second-order valence-electron chi connectivity index (χ2n) is 4.99. The molecule has 1 unspecified atom stereocenters. The molecule has 21 heavy (non-hydrogen) atoms. The maximum absolute atomic E-state index is 12.5. The second-order valence-corrected chi connectivity index (χ2v) is 6.92. The molecule has 2 rings (SSSR count). The van der Waals surface area contributed by atoms with Crippen LogP contribution in [0.1, 0.15) is 6.92 Å². The molecule has 1 saturated heterocycles. The monoisotopic (exact) mass is 316 g/mol. The summed E-state index contributed by atoms with van der Waals surface area (Å²) in [5.41, 5.74) is 0. The molecule has 1 fully saturated rings. The van der Waals surface area contributed by atoms with Gasteiger partial charge in [0.1, 0.15) is 11.0 Å². The Morgan fingerprint density at radius 1 is 1.52 bits per heavy atom. The maximum Gasteiger partial charge on any atom is 0.252 e. The van der Waals surface area contributed by atoms with Crippen molar-refractivity contribution in [3.05, 3.63) is 12.4 Å². The van der Waals surface area contributed by atoms with Crippen LogP contribution in [-0.2, 0) is 26.1 Å². The third-order valence-corrected chi connectivity index (χ3v) is 5.13. The van der Waals surface area contributed by atoms with E-state index in [0.717, 1.165) is 0 Å². The summed E-state index contributed by atoms with van der Waals surface area (Å²) in [6.45, 7) is 2.93. The SMILES string of the molecule is CCn1cc(S(=O)(=O)N2CCOC(C(=O)N(C)C)C2)cn1. The summed E-state index contributed by atoms with van der Waals surface area (Å²) in [6.07, 6.45) is 2.06. The summed E-state index contributed by atoms with van der Waals surface area (Å²) in [7, 11) is -0.413. The Kier molecular flexibility index (Phi) is 4.64. The predicted molar refractivity (Wildman–Crippen MR) is 75.1 cm³/mol. The lowest BCUT2D eigenvalue weighted by atomic mass is 10.3. The molecule has 0 aromatic carbocycles. The fourth-order valence-electron chi connectivity index (χ4n) is 2.08. The number of hydrogen-bond donors (Lipinski definition) is 0. The van der Waals surface area contributed by atoms with Crippen LogP contribution < -0.4 is 0 Å². The van der Waals surface area contributed by atoms with Gasteiger partial charge >= 0.3 is 0 Å². The topological polar surface area (TPSA) is 84.7 Å². The Balaban J connectivity index is 2.18. The molecule has 2 heterocycles. The lowest BCUT2D eigenvalue weighted by molar-refractivity contribution is -0.144. The normalized spacial score (nSPS) is 20.4. The van der Waals surface area contributed by atoms with Crippen molar-refractivity contribution in [1.82, 2.24) is 19.0 Å². The molecule has 0 spiro atoms. The molecule has 0 bridgehead atoms. The number of carbonyl (C=O) groups is 1. The molecule has 0 radical (unpaired) electrons. The number of ether oxygens (including phenoxy) is 1. The number of nitrogens with zero attached hydrogens (tertiary/aromatic N) is 4. The van der Waals surface area contributed by atoms with E-state index in [-0.39, 0.29) is 30.5 Å². The van der Waals surface area contributed by atoms with Crippen LogP contribution in [0.25, 0.3) is 0 Å². The quantitative estimate of drug-likeness (QED) is 0.739. The first kappa shape index (κ1) is 15.9. The van der Waals surface area contributed by atoms with Crippen molar-refractivity contribution < 1.29 is 17.9 Å². The zero-order valence-corrected chi connectivity index (χ0v) is 13.2. The molecular weight excluding hydrogens is 296 g/mol. The van der Waals surface area contributed by atoms with E-state index in [1.807, 2.05) is 6.92 Å². The Morgan fingerprint density at radius 2 is 2.24 bits per heavy atom.